The largest absolute Gasteiger partial charge is 0.486 e. The number of benzene rings is 2. The molecule has 164 valence electrons. The summed E-state index contributed by atoms with van der Waals surface area (Å²) in [5, 5.41) is 5.08. The lowest BCUT2D eigenvalue weighted by atomic mass is 10.2. The van der Waals surface area contributed by atoms with Crippen molar-refractivity contribution >= 4 is 46.4 Å². The van der Waals surface area contributed by atoms with E-state index in [1.807, 2.05) is 26.1 Å². The summed E-state index contributed by atoms with van der Waals surface area (Å²) in [6.07, 6.45) is 2.34. The fourth-order valence-corrected chi connectivity index (χ4v) is 3.59. The number of ether oxygens (including phenoxy) is 3. The predicted molar refractivity (Wildman–Crippen MR) is 126 cm³/mol. The van der Waals surface area contributed by atoms with Gasteiger partial charge in [0.2, 0.25) is 5.88 Å². The van der Waals surface area contributed by atoms with Gasteiger partial charge in [-0.25, -0.2) is 4.68 Å². The maximum atomic E-state index is 6.27. The van der Waals surface area contributed by atoms with Crippen LogP contribution in [0.5, 0.6) is 28.9 Å². The van der Waals surface area contributed by atoms with Gasteiger partial charge in [0.25, 0.3) is 0 Å². The van der Waals surface area contributed by atoms with Gasteiger partial charge in [-0.1, -0.05) is 53.3 Å². The van der Waals surface area contributed by atoms with Gasteiger partial charge >= 0.3 is 0 Å². The summed E-state index contributed by atoms with van der Waals surface area (Å²) in [5.74, 6) is 2.78. The van der Waals surface area contributed by atoms with Gasteiger partial charge in [0, 0.05) is 24.7 Å². The lowest BCUT2D eigenvalue weighted by Crippen LogP contribution is -1.96. The molecule has 5 nitrogen and oxygen atoms in total. The first kappa shape index (κ1) is 23.6. The van der Waals surface area contributed by atoms with Crippen molar-refractivity contribution in [2.75, 3.05) is 6.61 Å². The van der Waals surface area contributed by atoms with E-state index in [0.29, 0.717) is 38.9 Å². The molecule has 0 fully saturated rings. The molecule has 0 spiro atoms. The van der Waals surface area contributed by atoms with Crippen LogP contribution in [0.2, 0.25) is 10.0 Å². The lowest BCUT2D eigenvalue weighted by molar-refractivity contribution is 0.362. The van der Waals surface area contributed by atoms with E-state index in [1.165, 1.54) is 6.08 Å². The number of aryl methyl sites for hydroxylation is 2. The van der Waals surface area contributed by atoms with Crippen molar-refractivity contribution in [3.63, 3.8) is 0 Å². The Kier molecular flexibility index (Phi) is 8.00. The minimum atomic E-state index is 0.101. The fraction of sp³-hybridized carbons (Fsp3) is 0.227. The van der Waals surface area contributed by atoms with Crippen LogP contribution in [-0.4, -0.2) is 16.4 Å². The van der Waals surface area contributed by atoms with E-state index in [1.54, 1.807) is 28.9 Å². The molecule has 3 rings (SSSR count). The van der Waals surface area contributed by atoms with E-state index in [9.17, 15) is 0 Å². The standard InChI is InChI=1S/C22H20Cl4N2O3/c1-4-19-13(2)22(28(3)27-19)31-15-7-5-14(6-8-15)30-16-11-17(23)21(18(24)12-16)29-10-9-20(25)26/h5-9,11-12H,4,10H2,1-3H3. The molecule has 0 radical (unpaired) electrons. The summed E-state index contributed by atoms with van der Waals surface area (Å²) < 4.78 is 19.2. The molecule has 1 aromatic heterocycles. The van der Waals surface area contributed by atoms with E-state index in [0.717, 1.165) is 17.7 Å². The second kappa shape index (κ2) is 10.5. The Morgan fingerprint density at radius 1 is 1.00 bits per heavy atom. The van der Waals surface area contributed by atoms with Crippen LogP contribution in [0.3, 0.4) is 0 Å². The molecule has 0 saturated carbocycles. The molecule has 31 heavy (non-hydrogen) atoms. The maximum absolute atomic E-state index is 6.27. The SMILES string of the molecule is CCc1nn(C)c(Oc2ccc(Oc3cc(Cl)c(OCC=C(Cl)Cl)c(Cl)c3)cc2)c1C. The molecule has 0 atom stereocenters. The van der Waals surface area contributed by atoms with Crippen LogP contribution in [0, 0.1) is 6.92 Å². The first-order valence-electron chi connectivity index (χ1n) is 9.39. The van der Waals surface area contributed by atoms with Gasteiger partial charge in [0.15, 0.2) is 5.75 Å². The van der Waals surface area contributed by atoms with Crippen LogP contribution >= 0.6 is 46.4 Å². The quantitative estimate of drug-likeness (QED) is 0.315. The van der Waals surface area contributed by atoms with E-state index in [4.69, 9.17) is 60.6 Å². The predicted octanol–water partition coefficient (Wildman–Crippen LogP) is 7.88. The highest BCUT2D eigenvalue weighted by molar-refractivity contribution is 6.55. The Hall–Kier alpha value is -2.05. The summed E-state index contributed by atoms with van der Waals surface area (Å²) in [6.45, 7) is 4.20. The smallest absolute Gasteiger partial charge is 0.220 e. The van der Waals surface area contributed by atoms with Crippen molar-refractivity contribution in [3.05, 3.63) is 68.3 Å². The zero-order valence-electron chi connectivity index (χ0n) is 17.1. The molecule has 0 amide bonds. The first-order valence-corrected chi connectivity index (χ1v) is 10.9. The molecule has 9 heteroatoms. The van der Waals surface area contributed by atoms with Crippen molar-refractivity contribution in [1.29, 1.82) is 0 Å². The number of halogens is 4. The second-order valence-electron chi connectivity index (χ2n) is 6.55. The summed E-state index contributed by atoms with van der Waals surface area (Å²) in [6, 6.07) is 10.4. The van der Waals surface area contributed by atoms with Crippen molar-refractivity contribution < 1.29 is 14.2 Å². The van der Waals surface area contributed by atoms with Crippen molar-refractivity contribution in [2.45, 2.75) is 20.3 Å². The highest BCUT2D eigenvalue weighted by Crippen LogP contribution is 2.38. The van der Waals surface area contributed by atoms with Crippen molar-refractivity contribution in [1.82, 2.24) is 9.78 Å². The van der Waals surface area contributed by atoms with Crippen molar-refractivity contribution in [2.24, 2.45) is 7.05 Å². The summed E-state index contributed by atoms with van der Waals surface area (Å²) >= 11 is 23.7. The van der Waals surface area contributed by atoms with Crippen LogP contribution in [0.1, 0.15) is 18.2 Å². The number of aromatic nitrogens is 2. The zero-order valence-corrected chi connectivity index (χ0v) is 20.1. The lowest BCUT2D eigenvalue weighted by Gasteiger charge is -2.12. The zero-order chi connectivity index (χ0) is 22.5. The Morgan fingerprint density at radius 3 is 2.10 bits per heavy atom. The third-order valence-electron chi connectivity index (χ3n) is 4.36. The average Bonchev–Trinajstić information content (AvgIpc) is 2.99. The molecule has 0 unspecified atom stereocenters. The van der Waals surface area contributed by atoms with E-state index in [-0.39, 0.29) is 11.1 Å². The van der Waals surface area contributed by atoms with Crippen LogP contribution in [0.4, 0.5) is 0 Å². The molecule has 0 aliphatic heterocycles. The molecule has 0 aliphatic carbocycles. The second-order valence-corrected chi connectivity index (χ2v) is 8.37. The highest BCUT2D eigenvalue weighted by atomic mass is 35.5. The van der Waals surface area contributed by atoms with Gasteiger partial charge in [0.1, 0.15) is 28.3 Å². The van der Waals surface area contributed by atoms with Crippen LogP contribution in [0.25, 0.3) is 0 Å². The van der Waals surface area contributed by atoms with E-state index in [2.05, 4.69) is 12.0 Å². The van der Waals surface area contributed by atoms with Crippen LogP contribution in [-0.2, 0) is 13.5 Å². The molecule has 0 bridgehead atoms. The van der Waals surface area contributed by atoms with E-state index >= 15 is 0 Å². The summed E-state index contributed by atoms with van der Waals surface area (Å²) in [5.41, 5.74) is 2.04. The molecular formula is C22H20Cl4N2O3. The minimum Gasteiger partial charge on any atom is -0.486 e. The maximum Gasteiger partial charge on any atom is 0.220 e. The Balaban J connectivity index is 1.70. The molecular weight excluding hydrogens is 482 g/mol. The number of nitrogens with zero attached hydrogens (tertiary/aromatic N) is 2. The Morgan fingerprint density at radius 2 is 1.58 bits per heavy atom. The Bertz CT molecular complexity index is 1070. The molecule has 3 aromatic rings. The van der Waals surface area contributed by atoms with Gasteiger partial charge in [-0.05, 0) is 43.7 Å². The first-order chi connectivity index (χ1) is 14.8. The molecule has 0 N–H and O–H groups in total. The number of hydrogen-bond donors (Lipinski definition) is 0. The van der Waals surface area contributed by atoms with Gasteiger partial charge in [-0.3, -0.25) is 0 Å². The minimum absolute atomic E-state index is 0.101. The monoisotopic (exact) mass is 500 g/mol. The Labute approximate surface area is 201 Å². The van der Waals surface area contributed by atoms with Gasteiger partial charge in [-0.2, -0.15) is 5.10 Å². The fourth-order valence-electron chi connectivity index (χ4n) is 2.89. The van der Waals surface area contributed by atoms with Gasteiger partial charge < -0.3 is 14.2 Å². The summed E-state index contributed by atoms with van der Waals surface area (Å²) in [7, 11) is 1.86. The van der Waals surface area contributed by atoms with Crippen molar-refractivity contribution in [3.8, 4) is 28.9 Å². The normalized spacial score (nSPS) is 10.7. The molecule has 0 aliphatic rings. The highest BCUT2D eigenvalue weighted by Gasteiger charge is 2.14. The van der Waals surface area contributed by atoms with E-state index < -0.39 is 0 Å². The average molecular weight is 502 g/mol. The third-order valence-corrected chi connectivity index (χ3v) is 5.23. The van der Waals surface area contributed by atoms with Crippen LogP contribution < -0.4 is 14.2 Å². The third kappa shape index (κ3) is 6.01. The summed E-state index contributed by atoms with van der Waals surface area (Å²) in [4.78, 5) is 0. The molecule has 1 heterocycles. The number of hydrogen-bond acceptors (Lipinski definition) is 4. The van der Waals surface area contributed by atoms with Gasteiger partial charge in [-0.15, -0.1) is 0 Å². The molecule has 0 saturated heterocycles. The number of rotatable bonds is 8. The van der Waals surface area contributed by atoms with Crippen LogP contribution in [0.15, 0.2) is 47.0 Å². The van der Waals surface area contributed by atoms with Gasteiger partial charge in [0.05, 0.1) is 15.7 Å². The topological polar surface area (TPSA) is 45.5 Å². The molecule has 2 aromatic carbocycles.